The van der Waals surface area contributed by atoms with Crippen LogP contribution in [0.15, 0.2) is 22.7 Å². The maximum atomic E-state index is 6.43. The molecule has 2 fully saturated rings. The van der Waals surface area contributed by atoms with Crippen LogP contribution in [-0.4, -0.2) is 6.10 Å². The van der Waals surface area contributed by atoms with Crippen LogP contribution in [0.2, 0.25) is 0 Å². The van der Waals surface area contributed by atoms with E-state index >= 15 is 0 Å². The molecule has 0 heterocycles. The topological polar surface area (TPSA) is 35.2 Å². The van der Waals surface area contributed by atoms with Crippen molar-refractivity contribution in [1.29, 1.82) is 0 Å². The van der Waals surface area contributed by atoms with Gasteiger partial charge in [0.2, 0.25) is 0 Å². The maximum Gasteiger partial charge on any atom is 0.133 e. The van der Waals surface area contributed by atoms with Gasteiger partial charge in [-0.1, -0.05) is 26.8 Å². The first-order valence-corrected chi connectivity index (χ1v) is 8.76. The first-order valence-electron chi connectivity index (χ1n) is 7.97. The van der Waals surface area contributed by atoms with Crippen molar-refractivity contribution in [3.05, 3.63) is 28.2 Å². The van der Waals surface area contributed by atoms with Crippen LogP contribution in [0.3, 0.4) is 0 Å². The molecule has 2 saturated carbocycles. The number of halogens is 1. The number of benzene rings is 1. The Morgan fingerprint density at radius 2 is 2.05 bits per heavy atom. The summed E-state index contributed by atoms with van der Waals surface area (Å²) in [6.07, 6.45) is 4.15. The number of fused-ring (bicyclic) bond motifs is 2. The molecule has 0 aromatic heterocycles. The van der Waals surface area contributed by atoms with E-state index in [0.29, 0.717) is 11.5 Å². The van der Waals surface area contributed by atoms with Gasteiger partial charge >= 0.3 is 0 Å². The lowest BCUT2D eigenvalue weighted by Crippen LogP contribution is -2.38. The Bertz CT molecular complexity index is 554. The Balaban J connectivity index is 1.83. The SMILES string of the molecule is C[C@@H](N)c1ccc(OC2CC3CCC2(C)C3(C)C)c(Br)c1. The Hall–Kier alpha value is -0.540. The van der Waals surface area contributed by atoms with Crippen molar-refractivity contribution in [2.24, 2.45) is 22.5 Å². The number of hydrogen-bond donors (Lipinski definition) is 1. The summed E-state index contributed by atoms with van der Waals surface area (Å²) in [6, 6.07) is 6.27. The van der Waals surface area contributed by atoms with Crippen molar-refractivity contribution in [3.8, 4) is 5.75 Å². The molecule has 2 nitrogen and oxygen atoms in total. The molecule has 21 heavy (non-hydrogen) atoms. The predicted octanol–water partition coefficient (Wildman–Crippen LogP) is 5.06. The van der Waals surface area contributed by atoms with Crippen LogP contribution in [-0.2, 0) is 0 Å². The standard InChI is InChI=1S/C18H26BrNO/c1-11(20)12-5-6-15(14(19)9-12)21-16-10-13-7-8-18(16,4)17(13,2)3/h5-6,9,11,13,16H,7-8,10,20H2,1-4H3/t11-,13?,16?,18?/m1/s1. The monoisotopic (exact) mass is 351 g/mol. The minimum absolute atomic E-state index is 0.0503. The van der Waals surface area contributed by atoms with Gasteiger partial charge in [0.25, 0.3) is 0 Å². The Morgan fingerprint density at radius 3 is 2.52 bits per heavy atom. The molecule has 1 aromatic rings. The summed E-state index contributed by atoms with van der Waals surface area (Å²) in [6.45, 7) is 9.25. The van der Waals surface area contributed by atoms with E-state index in [0.717, 1.165) is 21.7 Å². The highest BCUT2D eigenvalue weighted by Gasteiger charge is 2.62. The normalized spacial score (nSPS) is 35.0. The molecule has 2 N–H and O–H groups in total. The van der Waals surface area contributed by atoms with E-state index in [1.54, 1.807) is 0 Å². The van der Waals surface area contributed by atoms with Crippen LogP contribution in [0.1, 0.15) is 58.6 Å². The number of hydrogen-bond acceptors (Lipinski definition) is 2. The van der Waals surface area contributed by atoms with E-state index in [1.807, 2.05) is 6.92 Å². The summed E-state index contributed by atoms with van der Waals surface area (Å²) in [7, 11) is 0. The van der Waals surface area contributed by atoms with Crippen LogP contribution < -0.4 is 10.5 Å². The van der Waals surface area contributed by atoms with E-state index < -0.39 is 0 Å². The zero-order chi connectivity index (χ0) is 15.4. The molecule has 1 aromatic carbocycles. The van der Waals surface area contributed by atoms with Gasteiger partial charge in [0, 0.05) is 11.5 Å². The molecule has 0 aliphatic heterocycles. The zero-order valence-corrected chi connectivity index (χ0v) is 15.0. The fraction of sp³-hybridized carbons (Fsp3) is 0.667. The minimum atomic E-state index is 0.0503. The minimum Gasteiger partial charge on any atom is -0.489 e. The van der Waals surface area contributed by atoms with E-state index in [4.69, 9.17) is 10.5 Å². The molecule has 0 saturated heterocycles. The molecule has 3 unspecified atom stereocenters. The lowest BCUT2D eigenvalue weighted by molar-refractivity contribution is 0.0297. The highest BCUT2D eigenvalue weighted by Crippen LogP contribution is 2.66. The molecule has 0 radical (unpaired) electrons. The molecule has 2 bridgehead atoms. The highest BCUT2D eigenvalue weighted by atomic mass is 79.9. The maximum absolute atomic E-state index is 6.43. The molecule has 0 spiro atoms. The number of rotatable bonds is 3. The second-order valence-electron chi connectivity index (χ2n) is 7.70. The Labute approximate surface area is 136 Å². The summed E-state index contributed by atoms with van der Waals surface area (Å²) < 4.78 is 7.44. The number of ether oxygens (including phenoxy) is 1. The van der Waals surface area contributed by atoms with E-state index in [2.05, 4.69) is 54.9 Å². The van der Waals surface area contributed by atoms with Gasteiger partial charge in [-0.3, -0.25) is 0 Å². The summed E-state index contributed by atoms with van der Waals surface area (Å²) in [5.74, 6) is 1.75. The molecule has 116 valence electrons. The van der Waals surface area contributed by atoms with Gasteiger partial charge in [-0.05, 0) is 71.1 Å². The van der Waals surface area contributed by atoms with Crippen molar-refractivity contribution >= 4 is 15.9 Å². The smallest absolute Gasteiger partial charge is 0.133 e. The second kappa shape index (κ2) is 4.99. The number of nitrogens with two attached hydrogens (primary N) is 1. The van der Waals surface area contributed by atoms with Gasteiger partial charge < -0.3 is 10.5 Å². The van der Waals surface area contributed by atoms with Gasteiger partial charge in [0.1, 0.15) is 11.9 Å². The molecular weight excluding hydrogens is 326 g/mol. The largest absolute Gasteiger partial charge is 0.489 e. The predicted molar refractivity (Wildman–Crippen MR) is 90.4 cm³/mol. The third-order valence-electron chi connectivity index (χ3n) is 6.46. The van der Waals surface area contributed by atoms with Gasteiger partial charge in [-0.15, -0.1) is 0 Å². The van der Waals surface area contributed by atoms with Crippen LogP contribution in [0, 0.1) is 16.7 Å². The average Bonchev–Trinajstić information content (AvgIpc) is 2.74. The summed E-state index contributed by atoms with van der Waals surface area (Å²) >= 11 is 3.64. The van der Waals surface area contributed by atoms with E-state index in [-0.39, 0.29) is 11.5 Å². The lowest BCUT2D eigenvalue weighted by atomic mass is 9.70. The van der Waals surface area contributed by atoms with Crippen molar-refractivity contribution in [3.63, 3.8) is 0 Å². The summed E-state index contributed by atoms with van der Waals surface area (Å²) in [5.41, 5.74) is 7.75. The molecular formula is C18H26BrNO. The van der Waals surface area contributed by atoms with Crippen molar-refractivity contribution in [2.45, 2.75) is 59.1 Å². The first kappa shape index (κ1) is 15.4. The third kappa shape index (κ3) is 2.24. The second-order valence-corrected chi connectivity index (χ2v) is 8.55. The summed E-state index contributed by atoms with van der Waals surface area (Å²) in [5, 5.41) is 0. The molecule has 0 amide bonds. The first-order chi connectivity index (χ1) is 9.75. The molecule has 4 atom stereocenters. The van der Waals surface area contributed by atoms with Crippen LogP contribution in [0.5, 0.6) is 5.75 Å². The van der Waals surface area contributed by atoms with Crippen molar-refractivity contribution < 1.29 is 4.74 Å². The lowest BCUT2D eigenvalue weighted by Gasteiger charge is -2.39. The quantitative estimate of drug-likeness (QED) is 0.825. The van der Waals surface area contributed by atoms with E-state index in [1.165, 1.54) is 19.3 Å². The average molecular weight is 352 g/mol. The van der Waals surface area contributed by atoms with Crippen molar-refractivity contribution in [1.82, 2.24) is 0 Å². The van der Waals surface area contributed by atoms with Gasteiger partial charge in [-0.2, -0.15) is 0 Å². The zero-order valence-electron chi connectivity index (χ0n) is 13.4. The third-order valence-corrected chi connectivity index (χ3v) is 7.08. The fourth-order valence-electron chi connectivity index (χ4n) is 4.36. The summed E-state index contributed by atoms with van der Waals surface area (Å²) in [4.78, 5) is 0. The Kier molecular flexibility index (Phi) is 3.65. The van der Waals surface area contributed by atoms with Gasteiger partial charge in [0.15, 0.2) is 0 Å². The van der Waals surface area contributed by atoms with Crippen molar-refractivity contribution in [2.75, 3.05) is 0 Å². The Morgan fingerprint density at radius 1 is 1.33 bits per heavy atom. The molecule has 3 heteroatoms. The molecule has 2 aliphatic rings. The van der Waals surface area contributed by atoms with Crippen LogP contribution >= 0.6 is 15.9 Å². The highest BCUT2D eigenvalue weighted by molar-refractivity contribution is 9.10. The van der Waals surface area contributed by atoms with Gasteiger partial charge in [0.05, 0.1) is 4.47 Å². The molecule has 2 aliphatic carbocycles. The fourth-order valence-corrected chi connectivity index (χ4v) is 4.85. The van der Waals surface area contributed by atoms with Crippen LogP contribution in [0.4, 0.5) is 0 Å². The van der Waals surface area contributed by atoms with Crippen LogP contribution in [0.25, 0.3) is 0 Å². The molecule has 3 rings (SSSR count). The van der Waals surface area contributed by atoms with E-state index in [9.17, 15) is 0 Å². The van der Waals surface area contributed by atoms with Gasteiger partial charge in [-0.25, -0.2) is 0 Å².